The summed E-state index contributed by atoms with van der Waals surface area (Å²) >= 11 is 0. The molecule has 3 aliphatic rings. The average Bonchev–Trinajstić information content (AvgIpc) is 3.52. The molecule has 2 aliphatic heterocycles. The number of ether oxygens (including phenoxy) is 1. The van der Waals surface area contributed by atoms with Gasteiger partial charge in [-0.1, -0.05) is 48.0 Å². The lowest BCUT2D eigenvalue weighted by Crippen LogP contribution is -2.46. The number of hydrogen-bond donors (Lipinski definition) is 1. The number of rotatable bonds is 2. The Bertz CT molecular complexity index is 883. The number of carboxylic acids is 1. The first kappa shape index (κ1) is 16.6. The van der Waals surface area contributed by atoms with E-state index in [0.29, 0.717) is 6.61 Å². The number of carbonyl (C=O) groups is 1. The smallest absolute Gasteiger partial charge is 0.324 e. The topological polar surface area (TPSA) is 49.8 Å². The molecule has 2 aromatic rings. The van der Waals surface area contributed by atoms with Crippen LogP contribution >= 0.6 is 0 Å². The zero-order valence-corrected chi connectivity index (χ0v) is 15.3. The van der Waals surface area contributed by atoms with Crippen molar-refractivity contribution in [1.29, 1.82) is 0 Å². The molecule has 27 heavy (non-hydrogen) atoms. The number of para-hydroxylation sites is 1. The van der Waals surface area contributed by atoms with Gasteiger partial charge < -0.3 is 9.84 Å². The van der Waals surface area contributed by atoms with Crippen molar-refractivity contribution in [3.63, 3.8) is 0 Å². The van der Waals surface area contributed by atoms with Gasteiger partial charge in [0, 0.05) is 18.7 Å². The molecule has 1 saturated heterocycles. The number of likely N-dealkylation sites (tertiary alicyclic amines) is 1. The molecule has 0 spiro atoms. The van der Waals surface area contributed by atoms with Crippen LogP contribution in [0.15, 0.2) is 54.1 Å². The molecule has 0 radical (unpaired) electrons. The summed E-state index contributed by atoms with van der Waals surface area (Å²) in [5.74, 6) is 0.278. The fourth-order valence-electron chi connectivity index (χ4n) is 4.61. The SMILES string of the molecule is O=C(O)C1(N2CCC(=C3c4ccccc4COc4ccccc43)CC2)CC1. The highest BCUT2D eigenvalue weighted by atomic mass is 16.5. The summed E-state index contributed by atoms with van der Waals surface area (Å²) in [4.78, 5) is 13.9. The van der Waals surface area contributed by atoms with Crippen molar-refractivity contribution in [3.8, 4) is 5.75 Å². The lowest BCUT2D eigenvalue weighted by Gasteiger charge is -2.34. The van der Waals surface area contributed by atoms with Crippen LogP contribution in [0.3, 0.4) is 0 Å². The van der Waals surface area contributed by atoms with E-state index in [2.05, 4.69) is 41.3 Å². The van der Waals surface area contributed by atoms with Crippen LogP contribution < -0.4 is 4.74 Å². The van der Waals surface area contributed by atoms with E-state index in [4.69, 9.17) is 4.74 Å². The van der Waals surface area contributed by atoms with Gasteiger partial charge in [0.25, 0.3) is 0 Å². The predicted octanol–water partition coefficient (Wildman–Crippen LogP) is 4.09. The highest BCUT2D eigenvalue weighted by Gasteiger charge is 2.55. The summed E-state index contributed by atoms with van der Waals surface area (Å²) in [6.07, 6.45) is 3.39. The van der Waals surface area contributed by atoms with Crippen LogP contribution in [-0.4, -0.2) is 34.6 Å². The van der Waals surface area contributed by atoms with Gasteiger partial charge in [-0.05, 0) is 48.4 Å². The second kappa shape index (κ2) is 6.24. The van der Waals surface area contributed by atoms with E-state index in [1.165, 1.54) is 22.3 Å². The number of fused-ring (bicyclic) bond motifs is 2. The third-order valence-electron chi connectivity index (χ3n) is 6.27. The number of benzene rings is 2. The second-order valence-corrected chi connectivity index (χ2v) is 7.74. The molecular weight excluding hydrogens is 338 g/mol. The van der Waals surface area contributed by atoms with E-state index in [1.54, 1.807) is 0 Å². The molecule has 2 aromatic carbocycles. The Morgan fingerprint density at radius 1 is 0.963 bits per heavy atom. The van der Waals surface area contributed by atoms with Gasteiger partial charge in [-0.3, -0.25) is 9.69 Å². The lowest BCUT2D eigenvalue weighted by molar-refractivity contribution is -0.145. The molecule has 0 unspecified atom stereocenters. The van der Waals surface area contributed by atoms with Crippen molar-refractivity contribution >= 4 is 11.5 Å². The number of carboxylic acid groups (broad SMARTS) is 1. The van der Waals surface area contributed by atoms with Gasteiger partial charge in [0.2, 0.25) is 0 Å². The second-order valence-electron chi connectivity index (χ2n) is 7.74. The van der Waals surface area contributed by atoms with Crippen molar-refractivity contribution in [2.75, 3.05) is 13.1 Å². The van der Waals surface area contributed by atoms with Gasteiger partial charge in [-0.2, -0.15) is 0 Å². The number of piperidine rings is 1. The molecule has 0 bridgehead atoms. The van der Waals surface area contributed by atoms with Crippen LogP contribution in [0.25, 0.3) is 5.57 Å². The Labute approximate surface area is 159 Å². The molecule has 4 nitrogen and oxygen atoms in total. The maximum atomic E-state index is 11.7. The Morgan fingerprint density at radius 3 is 2.33 bits per heavy atom. The minimum atomic E-state index is -0.655. The predicted molar refractivity (Wildman–Crippen MR) is 104 cm³/mol. The molecule has 0 aromatic heterocycles. The molecule has 4 heteroatoms. The van der Waals surface area contributed by atoms with Crippen LogP contribution in [0.2, 0.25) is 0 Å². The fourth-order valence-corrected chi connectivity index (χ4v) is 4.61. The monoisotopic (exact) mass is 361 g/mol. The maximum absolute atomic E-state index is 11.7. The van der Waals surface area contributed by atoms with Crippen molar-refractivity contribution in [2.24, 2.45) is 0 Å². The molecule has 138 valence electrons. The Morgan fingerprint density at radius 2 is 1.63 bits per heavy atom. The van der Waals surface area contributed by atoms with Gasteiger partial charge in [0.15, 0.2) is 0 Å². The minimum Gasteiger partial charge on any atom is -0.488 e. The largest absolute Gasteiger partial charge is 0.488 e. The Kier molecular flexibility index (Phi) is 3.83. The van der Waals surface area contributed by atoms with Crippen LogP contribution in [0.4, 0.5) is 0 Å². The molecule has 1 aliphatic carbocycles. The van der Waals surface area contributed by atoms with Gasteiger partial charge >= 0.3 is 5.97 Å². The zero-order chi connectivity index (χ0) is 18.4. The number of nitrogens with zero attached hydrogens (tertiary/aromatic N) is 1. The third-order valence-corrected chi connectivity index (χ3v) is 6.27. The van der Waals surface area contributed by atoms with Crippen LogP contribution in [0.5, 0.6) is 5.75 Å². The van der Waals surface area contributed by atoms with Gasteiger partial charge in [0.05, 0.1) is 0 Å². The van der Waals surface area contributed by atoms with Crippen LogP contribution in [0.1, 0.15) is 42.4 Å². The summed E-state index contributed by atoms with van der Waals surface area (Å²) in [6.45, 7) is 2.21. The van der Waals surface area contributed by atoms with Crippen molar-refractivity contribution in [1.82, 2.24) is 4.90 Å². The summed E-state index contributed by atoms with van der Waals surface area (Å²) < 4.78 is 6.09. The fraction of sp³-hybridized carbons (Fsp3) is 0.348. The molecule has 0 atom stereocenters. The summed E-state index contributed by atoms with van der Waals surface area (Å²) in [5.41, 5.74) is 5.74. The van der Waals surface area contributed by atoms with Crippen molar-refractivity contribution < 1.29 is 14.6 Å². The maximum Gasteiger partial charge on any atom is 0.324 e. The quantitative estimate of drug-likeness (QED) is 0.875. The molecule has 5 rings (SSSR count). The van der Waals surface area contributed by atoms with E-state index >= 15 is 0 Å². The molecule has 1 N–H and O–H groups in total. The molecule has 2 fully saturated rings. The highest BCUT2D eigenvalue weighted by molar-refractivity contribution is 5.87. The number of aliphatic carboxylic acids is 1. The average molecular weight is 361 g/mol. The Hall–Kier alpha value is -2.59. The first-order valence-electron chi connectivity index (χ1n) is 9.70. The normalized spacial score (nSPS) is 20.9. The standard InChI is InChI=1S/C23H23NO3/c25-22(26)23(11-12-23)24-13-9-16(10-14-24)21-18-6-2-1-5-17(18)15-27-20-8-4-3-7-19(20)21/h1-8H,9-15H2,(H,25,26). The van der Waals surface area contributed by atoms with Crippen LogP contribution in [-0.2, 0) is 11.4 Å². The first-order chi connectivity index (χ1) is 13.2. The van der Waals surface area contributed by atoms with Gasteiger partial charge in [-0.15, -0.1) is 0 Å². The van der Waals surface area contributed by atoms with Crippen molar-refractivity contribution in [2.45, 2.75) is 37.8 Å². The highest BCUT2D eigenvalue weighted by Crippen LogP contribution is 2.46. The summed E-state index contributed by atoms with van der Waals surface area (Å²) in [5, 5.41) is 9.60. The van der Waals surface area contributed by atoms with E-state index in [9.17, 15) is 9.90 Å². The molecular formula is C23H23NO3. The van der Waals surface area contributed by atoms with E-state index in [-0.39, 0.29) is 0 Å². The first-order valence-corrected chi connectivity index (χ1v) is 9.70. The number of hydrogen-bond acceptors (Lipinski definition) is 3. The Balaban J connectivity index is 1.56. The molecule has 2 heterocycles. The zero-order valence-electron chi connectivity index (χ0n) is 15.3. The van der Waals surface area contributed by atoms with Gasteiger partial charge in [0.1, 0.15) is 17.9 Å². The lowest BCUT2D eigenvalue weighted by atomic mass is 9.86. The van der Waals surface area contributed by atoms with Crippen molar-refractivity contribution in [3.05, 3.63) is 70.8 Å². The summed E-state index contributed by atoms with van der Waals surface area (Å²) in [7, 11) is 0. The summed E-state index contributed by atoms with van der Waals surface area (Å²) in [6, 6.07) is 16.7. The molecule has 1 saturated carbocycles. The van der Waals surface area contributed by atoms with E-state index < -0.39 is 11.5 Å². The van der Waals surface area contributed by atoms with Gasteiger partial charge in [-0.25, -0.2) is 0 Å². The third kappa shape index (κ3) is 2.67. The van der Waals surface area contributed by atoms with Crippen LogP contribution in [0, 0.1) is 0 Å². The van der Waals surface area contributed by atoms with E-state index in [0.717, 1.165) is 50.1 Å². The minimum absolute atomic E-state index is 0.582. The molecule has 0 amide bonds. The van der Waals surface area contributed by atoms with E-state index in [1.807, 2.05) is 12.1 Å².